The maximum absolute atomic E-state index is 12.2. The number of carbonyl (C=O) groups excluding carboxylic acids is 2. The minimum absolute atomic E-state index is 0.113. The third kappa shape index (κ3) is 4.37. The number of nitrogens with zero attached hydrogens (tertiary/aromatic N) is 1. The van der Waals surface area contributed by atoms with E-state index >= 15 is 0 Å². The number of aryl methyl sites for hydroxylation is 1. The van der Waals surface area contributed by atoms with E-state index in [1.165, 1.54) is 6.39 Å². The zero-order valence-corrected chi connectivity index (χ0v) is 15.5. The number of anilines is 1. The van der Waals surface area contributed by atoms with Crippen LogP contribution in [0.3, 0.4) is 0 Å². The van der Waals surface area contributed by atoms with E-state index in [4.69, 9.17) is 4.42 Å². The van der Waals surface area contributed by atoms with Crippen molar-refractivity contribution >= 4 is 33.4 Å². The lowest BCUT2D eigenvalue weighted by Gasteiger charge is -2.08. The fourth-order valence-corrected chi connectivity index (χ4v) is 2.58. The lowest BCUT2D eigenvalue weighted by atomic mass is 10.1. The first-order valence-corrected chi connectivity index (χ1v) is 8.65. The van der Waals surface area contributed by atoms with E-state index in [0.29, 0.717) is 17.0 Å². The highest BCUT2D eigenvalue weighted by molar-refractivity contribution is 9.10. The van der Waals surface area contributed by atoms with Crippen molar-refractivity contribution in [2.24, 2.45) is 0 Å². The molecule has 132 valence electrons. The molecule has 0 saturated carbocycles. The standard InChI is InChI=1S/C19H16BrN3O3/c1-12-8-15(6-7-16(12)20)23-18(24)10-22-19(25)14-4-2-13(3-5-14)17-9-21-11-26-17/h2-9,11H,10H2,1H3,(H,22,25)(H,23,24). The van der Waals surface area contributed by atoms with Gasteiger partial charge < -0.3 is 15.1 Å². The lowest BCUT2D eigenvalue weighted by Crippen LogP contribution is -2.32. The first-order valence-electron chi connectivity index (χ1n) is 7.86. The Hall–Kier alpha value is -2.93. The van der Waals surface area contributed by atoms with Crippen LogP contribution >= 0.6 is 15.9 Å². The molecule has 3 rings (SSSR count). The van der Waals surface area contributed by atoms with E-state index in [2.05, 4.69) is 31.5 Å². The molecule has 0 aliphatic rings. The van der Waals surface area contributed by atoms with E-state index in [-0.39, 0.29) is 18.4 Å². The molecule has 0 saturated heterocycles. The van der Waals surface area contributed by atoms with E-state index in [1.807, 2.05) is 19.1 Å². The van der Waals surface area contributed by atoms with Gasteiger partial charge in [-0.3, -0.25) is 9.59 Å². The fourth-order valence-electron chi connectivity index (χ4n) is 2.33. The van der Waals surface area contributed by atoms with Gasteiger partial charge in [-0.05, 0) is 42.8 Å². The Bertz CT molecular complexity index is 922. The summed E-state index contributed by atoms with van der Waals surface area (Å²) in [5.74, 6) is 0.00994. The Morgan fingerprint density at radius 3 is 2.58 bits per heavy atom. The second kappa shape index (κ2) is 7.97. The number of halogens is 1. The predicted octanol–water partition coefficient (Wildman–Crippen LogP) is 3.78. The molecule has 0 radical (unpaired) electrons. The molecule has 0 fully saturated rings. The van der Waals surface area contributed by atoms with Crippen molar-refractivity contribution in [1.29, 1.82) is 0 Å². The minimum Gasteiger partial charge on any atom is -0.444 e. The summed E-state index contributed by atoms with van der Waals surface area (Å²) >= 11 is 3.41. The third-order valence-corrected chi connectivity index (χ3v) is 4.60. The molecule has 1 aromatic heterocycles. The van der Waals surface area contributed by atoms with Crippen molar-refractivity contribution in [3.05, 3.63) is 70.7 Å². The van der Waals surface area contributed by atoms with Gasteiger partial charge in [0.2, 0.25) is 5.91 Å². The summed E-state index contributed by atoms with van der Waals surface area (Å²) in [5.41, 5.74) is 2.97. The molecule has 2 N–H and O–H groups in total. The van der Waals surface area contributed by atoms with E-state index in [1.54, 1.807) is 36.5 Å². The average Bonchev–Trinajstić information content (AvgIpc) is 3.18. The first-order chi connectivity index (χ1) is 12.5. The molecule has 0 aliphatic heterocycles. The highest BCUT2D eigenvalue weighted by Crippen LogP contribution is 2.20. The van der Waals surface area contributed by atoms with Gasteiger partial charge in [0, 0.05) is 21.3 Å². The monoisotopic (exact) mass is 413 g/mol. The van der Waals surface area contributed by atoms with Crippen LogP contribution in [0.4, 0.5) is 5.69 Å². The van der Waals surface area contributed by atoms with Gasteiger partial charge in [0.15, 0.2) is 12.2 Å². The van der Waals surface area contributed by atoms with Crippen LogP contribution in [0.15, 0.2) is 63.9 Å². The Kier molecular flexibility index (Phi) is 5.48. The zero-order chi connectivity index (χ0) is 18.5. The molecule has 0 spiro atoms. The Labute approximate surface area is 158 Å². The van der Waals surface area contributed by atoms with Gasteiger partial charge in [0.05, 0.1) is 12.7 Å². The van der Waals surface area contributed by atoms with Gasteiger partial charge in [0.1, 0.15) is 0 Å². The first kappa shape index (κ1) is 17.9. The number of nitrogens with one attached hydrogen (secondary N) is 2. The maximum Gasteiger partial charge on any atom is 0.251 e. The number of hydrogen-bond acceptors (Lipinski definition) is 4. The van der Waals surface area contributed by atoms with Crippen molar-refractivity contribution in [1.82, 2.24) is 10.3 Å². The predicted molar refractivity (Wildman–Crippen MR) is 102 cm³/mol. The topological polar surface area (TPSA) is 84.2 Å². The van der Waals surface area contributed by atoms with Crippen LogP contribution in [0, 0.1) is 6.92 Å². The highest BCUT2D eigenvalue weighted by Gasteiger charge is 2.10. The van der Waals surface area contributed by atoms with Gasteiger partial charge in [0.25, 0.3) is 5.91 Å². The van der Waals surface area contributed by atoms with Gasteiger partial charge in [-0.15, -0.1) is 0 Å². The molecule has 2 amide bonds. The molecular weight excluding hydrogens is 398 g/mol. The molecule has 2 aromatic carbocycles. The molecule has 1 heterocycles. The second-order valence-corrected chi connectivity index (χ2v) is 6.49. The average molecular weight is 414 g/mol. The molecule has 0 bridgehead atoms. The fraction of sp³-hybridized carbons (Fsp3) is 0.105. The summed E-state index contributed by atoms with van der Waals surface area (Å²) in [7, 11) is 0. The maximum atomic E-state index is 12.2. The largest absolute Gasteiger partial charge is 0.444 e. The highest BCUT2D eigenvalue weighted by atomic mass is 79.9. The zero-order valence-electron chi connectivity index (χ0n) is 14.0. The number of rotatable bonds is 5. The third-order valence-electron chi connectivity index (χ3n) is 3.72. The summed E-state index contributed by atoms with van der Waals surface area (Å²) < 4.78 is 6.17. The quantitative estimate of drug-likeness (QED) is 0.666. The van der Waals surface area contributed by atoms with E-state index in [0.717, 1.165) is 15.6 Å². The van der Waals surface area contributed by atoms with Crippen molar-refractivity contribution in [3.8, 4) is 11.3 Å². The number of amides is 2. The van der Waals surface area contributed by atoms with Gasteiger partial charge >= 0.3 is 0 Å². The molecule has 26 heavy (non-hydrogen) atoms. The van der Waals surface area contributed by atoms with Crippen molar-refractivity contribution in [2.75, 3.05) is 11.9 Å². The van der Waals surface area contributed by atoms with Crippen molar-refractivity contribution in [2.45, 2.75) is 6.92 Å². The van der Waals surface area contributed by atoms with Crippen molar-refractivity contribution in [3.63, 3.8) is 0 Å². The molecule has 6 nitrogen and oxygen atoms in total. The summed E-state index contributed by atoms with van der Waals surface area (Å²) in [4.78, 5) is 28.0. The molecule has 0 aliphatic carbocycles. The Balaban J connectivity index is 1.54. The molecule has 7 heteroatoms. The summed E-state index contributed by atoms with van der Waals surface area (Å²) in [6, 6.07) is 12.4. The Morgan fingerprint density at radius 2 is 1.92 bits per heavy atom. The molecular formula is C19H16BrN3O3. The smallest absolute Gasteiger partial charge is 0.251 e. The number of benzene rings is 2. The summed E-state index contributed by atoms with van der Waals surface area (Å²) in [5, 5.41) is 5.35. The SMILES string of the molecule is Cc1cc(NC(=O)CNC(=O)c2ccc(-c3cnco3)cc2)ccc1Br. The summed E-state index contributed by atoms with van der Waals surface area (Å²) in [6.45, 7) is 1.82. The molecule has 3 aromatic rings. The summed E-state index contributed by atoms with van der Waals surface area (Å²) in [6.07, 6.45) is 2.95. The van der Waals surface area contributed by atoms with E-state index < -0.39 is 0 Å². The van der Waals surface area contributed by atoms with Crippen LogP contribution in [-0.4, -0.2) is 23.3 Å². The number of carbonyl (C=O) groups is 2. The molecule has 0 unspecified atom stereocenters. The lowest BCUT2D eigenvalue weighted by molar-refractivity contribution is -0.115. The van der Waals surface area contributed by atoms with Crippen LogP contribution in [0.25, 0.3) is 11.3 Å². The van der Waals surface area contributed by atoms with Gasteiger partial charge in [-0.2, -0.15) is 0 Å². The van der Waals surface area contributed by atoms with Crippen LogP contribution in [0.5, 0.6) is 0 Å². The second-order valence-electron chi connectivity index (χ2n) is 5.64. The number of aromatic nitrogens is 1. The van der Waals surface area contributed by atoms with Crippen LogP contribution < -0.4 is 10.6 Å². The van der Waals surface area contributed by atoms with Crippen LogP contribution in [0.1, 0.15) is 15.9 Å². The number of oxazole rings is 1. The van der Waals surface area contributed by atoms with Crippen molar-refractivity contribution < 1.29 is 14.0 Å². The molecule has 0 atom stereocenters. The normalized spacial score (nSPS) is 10.4. The van der Waals surface area contributed by atoms with E-state index in [9.17, 15) is 9.59 Å². The van der Waals surface area contributed by atoms with Gasteiger partial charge in [-0.1, -0.05) is 28.1 Å². The Morgan fingerprint density at radius 1 is 1.15 bits per heavy atom. The number of hydrogen-bond donors (Lipinski definition) is 2. The van der Waals surface area contributed by atoms with Crippen LogP contribution in [-0.2, 0) is 4.79 Å². The van der Waals surface area contributed by atoms with Crippen LogP contribution in [0.2, 0.25) is 0 Å². The van der Waals surface area contributed by atoms with Gasteiger partial charge in [-0.25, -0.2) is 4.98 Å². The minimum atomic E-state index is -0.323.